The Morgan fingerprint density at radius 3 is 2.62 bits per heavy atom. The topological polar surface area (TPSA) is 37.3 Å². The van der Waals surface area contributed by atoms with Crippen LogP contribution in [0, 0.1) is 0 Å². The fraction of sp³-hybridized carbons (Fsp3) is 0.182. The Hall–Kier alpha value is -1.41. The summed E-state index contributed by atoms with van der Waals surface area (Å²) >= 11 is 0. The van der Waals surface area contributed by atoms with Crippen molar-refractivity contribution in [2.75, 3.05) is 0 Å². The van der Waals surface area contributed by atoms with Crippen molar-refractivity contribution in [1.82, 2.24) is 0 Å². The number of rotatable bonds is 4. The van der Waals surface area contributed by atoms with E-state index in [1.165, 1.54) is 6.08 Å². The minimum absolute atomic E-state index is 0.475. The maximum atomic E-state index is 9.95. The van der Waals surface area contributed by atoms with E-state index in [0.717, 1.165) is 5.56 Å². The van der Waals surface area contributed by atoms with E-state index in [1.54, 1.807) is 6.08 Å². The van der Waals surface area contributed by atoms with Crippen molar-refractivity contribution < 1.29 is 9.90 Å². The number of benzene rings is 1. The zero-order valence-electron chi connectivity index (χ0n) is 7.26. The molecule has 1 N–H and O–H groups in total. The van der Waals surface area contributed by atoms with Gasteiger partial charge in [0.2, 0.25) is 0 Å². The molecule has 0 bridgehead atoms. The van der Waals surface area contributed by atoms with Crippen molar-refractivity contribution in [2.24, 2.45) is 0 Å². The molecular formula is C11H12O2. The highest BCUT2D eigenvalue weighted by Gasteiger charge is 2.02. The van der Waals surface area contributed by atoms with Crippen LogP contribution in [-0.4, -0.2) is 11.4 Å². The number of aldehydes is 1. The zero-order chi connectivity index (χ0) is 9.52. The summed E-state index contributed by atoms with van der Waals surface area (Å²) in [5.74, 6) is 0. The number of aliphatic hydroxyl groups excluding tert-OH is 1. The molecule has 2 heteroatoms. The van der Waals surface area contributed by atoms with Crippen LogP contribution in [0.2, 0.25) is 0 Å². The number of hydrogen-bond donors (Lipinski definition) is 1. The average molecular weight is 176 g/mol. The van der Waals surface area contributed by atoms with Gasteiger partial charge in [0.15, 0.2) is 0 Å². The lowest BCUT2D eigenvalue weighted by Gasteiger charge is -2.06. The van der Waals surface area contributed by atoms with Gasteiger partial charge in [-0.3, -0.25) is 4.79 Å². The normalized spacial score (nSPS) is 13.0. The van der Waals surface area contributed by atoms with E-state index in [4.69, 9.17) is 0 Å². The van der Waals surface area contributed by atoms with Crippen LogP contribution in [0.15, 0.2) is 42.5 Å². The van der Waals surface area contributed by atoms with Crippen molar-refractivity contribution in [3.8, 4) is 0 Å². The Bertz CT molecular complexity index is 277. The molecule has 0 unspecified atom stereocenters. The van der Waals surface area contributed by atoms with Crippen LogP contribution in [0.25, 0.3) is 0 Å². The molecule has 0 heterocycles. The summed E-state index contributed by atoms with van der Waals surface area (Å²) in [7, 11) is 0. The Labute approximate surface area is 77.5 Å². The molecule has 0 aliphatic heterocycles. The van der Waals surface area contributed by atoms with Gasteiger partial charge < -0.3 is 5.11 Å². The van der Waals surface area contributed by atoms with Gasteiger partial charge in [0, 0.05) is 0 Å². The fourth-order valence-corrected chi connectivity index (χ4v) is 1.07. The van der Waals surface area contributed by atoms with Gasteiger partial charge >= 0.3 is 0 Å². The zero-order valence-corrected chi connectivity index (χ0v) is 7.26. The van der Waals surface area contributed by atoms with Gasteiger partial charge in [0.05, 0.1) is 6.10 Å². The van der Waals surface area contributed by atoms with E-state index in [9.17, 15) is 9.90 Å². The summed E-state index contributed by atoms with van der Waals surface area (Å²) in [6.45, 7) is 0. The molecule has 13 heavy (non-hydrogen) atoms. The van der Waals surface area contributed by atoms with Crippen molar-refractivity contribution in [1.29, 1.82) is 0 Å². The minimum Gasteiger partial charge on any atom is -0.388 e. The molecule has 0 spiro atoms. The largest absolute Gasteiger partial charge is 0.388 e. The number of aliphatic hydroxyl groups is 1. The van der Waals surface area contributed by atoms with Crippen molar-refractivity contribution in [3.05, 3.63) is 48.0 Å². The summed E-state index contributed by atoms with van der Waals surface area (Å²) in [4.78, 5) is 9.95. The van der Waals surface area contributed by atoms with Gasteiger partial charge in [-0.1, -0.05) is 36.4 Å². The van der Waals surface area contributed by atoms with Crippen molar-refractivity contribution >= 4 is 6.29 Å². The van der Waals surface area contributed by atoms with Crippen LogP contribution in [-0.2, 0) is 4.79 Å². The van der Waals surface area contributed by atoms with Gasteiger partial charge in [-0.25, -0.2) is 0 Å². The third-order valence-electron chi connectivity index (χ3n) is 1.76. The third kappa shape index (κ3) is 3.22. The smallest absolute Gasteiger partial charge is 0.142 e. The van der Waals surface area contributed by atoms with E-state index >= 15 is 0 Å². The van der Waals surface area contributed by atoms with Crippen LogP contribution >= 0.6 is 0 Å². The Balaban J connectivity index is 2.53. The van der Waals surface area contributed by atoms with Gasteiger partial charge in [-0.05, 0) is 18.1 Å². The number of allylic oxidation sites excluding steroid dienone is 1. The monoisotopic (exact) mass is 176 g/mol. The minimum atomic E-state index is -0.516. The maximum Gasteiger partial charge on any atom is 0.142 e. The fourth-order valence-electron chi connectivity index (χ4n) is 1.07. The lowest BCUT2D eigenvalue weighted by atomic mass is 10.1. The van der Waals surface area contributed by atoms with Crippen LogP contribution in [0.1, 0.15) is 18.1 Å². The Morgan fingerprint density at radius 2 is 2.00 bits per heavy atom. The molecule has 0 radical (unpaired) electrons. The molecule has 0 saturated carbocycles. The molecule has 1 atom stereocenters. The molecule has 1 rings (SSSR count). The molecule has 0 fully saturated rings. The molecule has 0 aliphatic carbocycles. The van der Waals surface area contributed by atoms with Crippen molar-refractivity contribution in [2.45, 2.75) is 12.5 Å². The quantitative estimate of drug-likeness (QED) is 0.561. The second-order valence-corrected chi connectivity index (χ2v) is 2.73. The second kappa shape index (κ2) is 5.27. The summed E-state index contributed by atoms with van der Waals surface area (Å²) in [5.41, 5.74) is 0.873. The highest BCUT2D eigenvalue weighted by molar-refractivity contribution is 5.64. The standard InChI is InChI=1S/C11H12O2/c12-9-5-4-8-11(13)10-6-2-1-3-7-10/h1-7,9,11,13H,8H2/b5-4+/t11-/m0/s1. The molecular weight excluding hydrogens is 164 g/mol. The first kappa shape index (κ1) is 9.68. The van der Waals surface area contributed by atoms with E-state index in [1.807, 2.05) is 30.3 Å². The summed E-state index contributed by atoms with van der Waals surface area (Å²) in [5, 5.41) is 9.58. The first-order valence-electron chi connectivity index (χ1n) is 4.18. The predicted molar refractivity (Wildman–Crippen MR) is 51.2 cm³/mol. The van der Waals surface area contributed by atoms with E-state index in [2.05, 4.69) is 0 Å². The van der Waals surface area contributed by atoms with E-state index in [0.29, 0.717) is 12.7 Å². The van der Waals surface area contributed by atoms with Gasteiger partial charge in [0.1, 0.15) is 6.29 Å². The van der Waals surface area contributed by atoms with E-state index in [-0.39, 0.29) is 0 Å². The molecule has 0 saturated heterocycles. The SMILES string of the molecule is O=C/C=C/C[C@H](O)c1ccccc1. The summed E-state index contributed by atoms with van der Waals surface area (Å²) < 4.78 is 0. The van der Waals surface area contributed by atoms with Gasteiger partial charge in [-0.15, -0.1) is 0 Å². The molecule has 0 aromatic heterocycles. The molecule has 68 valence electrons. The number of hydrogen-bond acceptors (Lipinski definition) is 2. The Morgan fingerprint density at radius 1 is 1.31 bits per heavy atom. The first-order chi connectivity index (χ1) is 6.34. The molecule has 1 aromatic carbocycles. The van der Waals surface area contributed by atoms with Crippen LogP contribution in [0.4, 0.5) is 0 Å². The third-order valence-corrected chi connectivity index (χ3v) is 1.76. The highest BCUT2D eigenvalue weighted by Crippen LogP contribution is 2.15. The molecule has 1 aromatic rings. The Kier molecular flexibility index (Phi) is 3.93. The lowest BCUT2D eigenvalue weighted by Crippen LogP contribution is -1.94. The van der Waals surface area contributed by atoms with Gasteiger partial charge in [-0.2, -0.15) is 0 Å². The van der Waals surface area contributed by atoms with Crippen LogP contribution in [0.3, 0.4) is 0 Å². The maximum absolute atomic E-state index is 9.95. The molecule has 2 nitrogen and oxygen atoms in total. The molecule has 0 amide bonds. The van der Waals surface area contributed by atoms with E-state index < -0.39 is 6.10 Å². The number of carbonyl (C=O) groups excluding carboxylic acids is 1. The summed E-state index contributed by atoms with van der Waals surface area (Å²) in [6.07, 6.45) is 3.72. The second-order valence-electron chi connectivity index (χ2n) is 2.73. The summed E-state index contributed by atoms with van der Waals surface area (Å²) in [6, 6.07) is 9.38. The van der Waals surface area contributed by atoms with Gasteiger partial charge in [0.25, 0.3) is 0 Å². The highest BCUT2D eigenvalue weighted by atomic mass is 16.3. The van der Waals surface area contributed by atoms with Crippen LogP contribution < -0.4 is 0 Å². The van der Waals surface area contributed by atoms with Crippen LogP contribution in [0.5, 0.6) is 0 Å². The predicted octanol–water partition coefficient (Wildman–Crippen LogP) is 1.87. The average Bonchev–Trinajstić information content (AvgIpc) is 2.19. The lowest BCUT2D eigenvalue weighted by molar-refractivity contribution is -0.104. The number of carbonyl (C=O) groups is 1. The molecule has 0 aliphatic rings. The first-order valence-corrected chi connectivity index (χ1v) is 4.18. The van der Waals surface area contributed by atoms with Crippen molar-refractivity contribution in [3.63, 3.8) is 0 Å².